The number of anilines is 1. The third-order valence-corrected chi connectivity index (χ3v) is 8.96. The number of rotatable bonds is 9. The Morgan fingerprint density at radius 1 is 1.22 bits per heavy atom. The van der Waals surface area contributed by atoms with Crippen LogP contribution in [0, 0.1) is 33.8 Å². The van der Waals surface area contributed by atoms with Crippen LogP contribution >= 0.6 is 0 Å². The highest BCUT2D eigenvalue weighted by Gasteiger charge is 2.46. The minimum absolute atomic E-state index is 0.108. The quantitative estimate of drug-likeness (QED) is 0.257. The van der Waals surface area contributed by atoms with Gasteiger partial charge in [-0.25, -0.2) is 4.63 Å². The Kier molecular flexibility index (Phi) is 8.67. The molecule has 4 atom stereocenters. The molecule has 0 spiro atoms. The summed E-state index contributed by atoms with van der Waals surface area (Å²) < 4.78 is 10.7. The molecule has 1 saturated heterocycles. The second-order valence-corrected chi connectivity index (χ2v) is 11.2. The molecule has 1 aliphatic heterocycles. The Morgan fingerprint density at radius 3 is 2.59 bits per heavy atom. The van der Waals surface area contributed by atoms with Crippen LogP contribution in [0.1, 0.15) is 65.7 Å². The summed E-state index contributed by atoms with van der Waals surface area (Å²) in [6, 6.07) is 3.67. The fraction of sp³-hybridized carbons (Fsp3) is 0.741. The smallest absolute Gasteiger partial charge is 0.310 e. The number of ether oxygens (including phenoxy) is 1. The number of piperidine rings is 1. The molecular weight excluding hydrogens is 474 g/mol. The summed E-state index contributed by atoms with van der Waals surface area (Å²) in [5, 5.41) is 18.8. The van der Waals surface area contributed by atoms with E-state index in [-0.39, 0.29) is 35.7 Å². The van der Waals surface area contributed by atoms with Crippen LogP contribution in [0.25, 0.3) is 11.0 Å². The van der Waals surface area contributed by atoms with Crippen molar-refractivity contribution in [2.45, 2.75) is 77.8 Å². The van der Waals surface area contributed by atoms with Gasteiger partial charge in [0, 0.05) is 25.2 Å². The predicted molar refractivity (Wildman–Crippen MR) is 141 cm³/mol. The number of fused-ring (bicyclic) bond motifs is 1. The zero-order chi connectivity index (χ0) is 26.7. The van der Waals surface area contributed by atoms with Crippen LogP contribution in [0.5, 0.6) is 0 Å². The summed E-state index contributed by atoms with van der Waals surface area (Å²) in [6.07, 6.45) is 8.27. The van der Waals surface area contributed by atoms with Gasteiger partial charge < -0.3 is 9.64 Å². The molecule has 2 heterocycles. The van der Waals surface area contributed by atoms with Crippen LogP contribution in [-0.4, -0.2) is 65.4 Å². The van der Waals surface area contributed by atoms with Gasteiger partial charge in [-0.05, 0) is 73.8 Å². The number of carbonyl (C=O) groups is 1. The molecule has 204 valence electrons. The highest BCUT2D eigenvalue weighted by Crippen LogP contribution is 2.44. The van der Waals surface area contributed by atoms with Crippen molar-refractivity contribution in [2.24, 2.45) is 23.7 Å². The molecule has 1 aliphatic carbocycles. The molecule has 0 N–H and O–H groups in total. The number of nitro groups is 1. The van der Waals surface area contributed by atoms with E-state index >= 15 is 0 Å². The van der Waals surface area contributed by atoms with E-state index in [1.54, 1.807) is 6.07 Å². The molecule has 0 amide bonds. The molecule has 4 rings (SSSR count). The van der Waals surface area contributed by atoms with E-state index < -0.39 is 4.92 Å². The molecule has 10 nitrogen and oxygen atoms in total. The number of likely N-dealkylation sites (N-methyl/N-ethyl adjacent to an activating group) is 1. The number of likely N-dealkylation sites (tertiary alicyclic amines) is 1. The lowest BCUT2D eigenvalue weighted by atomic mass is 9.65. The van der Waals surface area contributed by atoms with E-state index in [0.717, 1.165) is 25.2 Å². The van der Waals surface area contributed by atoms with E-state index in [9.17, 15) is 14.9 Å². The van der Waals surface area contributed by atoms with Crippen molar-refractivity contribution >= 4 is 28.4 Å². The zero-order valence-electron chi connectivity index (χ0n) is 22.8. The van der Waals surface area contributed by atoms with Crippen molar-refractivity contribution in [2.75, 3.05) is 32.1 Å². The lowest BCUT2D eigenvalue weighted by Gasteiger charge is -2.49. The molecule has 10 heteroatoms. The van der Waals surface area contributed by atoms with Crippen molar-refractivity contribution in [3.63, 3.8) is 0 Å². The second kappa shape index (κ2) is 11.8. The number of hydrogen-bond acceptors (Lipinski definition) is 9. The molecule has 37 heavy (non-hydrogen) atoms. The molecule has 2 aromatic rings. The first-order valence-electron chi connectivity index (χ1n) is 13.7. The fourth-order valence-electron chi connectivity index (χ4n) is 6.59. The average Bonchev–Trinajstić information content (AvgIpc) is 3.36. The molecule has 2 aliphatic rings. The van der Waals surface area contributed by atoms with Crippen molar-refractivity contribution in [3.8, 4) is 0 Å². The Bertz CT molecular complexity index is 1080. The molecule has 2 fully saturated rings. The number of esters is 1. The first kappa shape index (κ1) is 27.3. The van der Waals surface area contributed by atoms with Crippen molar-refractivity contribution in [3.05, 3.63) is 22.2 Å². The van der Waals surface area contributed by atoms with Gasteiger partial charge in [-0.2, -0.15) is 0 Å². The van der Waals surface area contributed by atoms with Crippen molar-refractivity contribution < 1.29 is 19.1 Å². The second-order valence-electron chi connectivity index (χ2n) is 11.2. The maximum atomic E-state index is 13.6. The minimum Gasteiger partial charge on any atom is -0.464 e. The standard InChI is InChI=1S/C27H41N5O5/c1-6-7-20-16-21(19-10-8-17(2)9-11-19)24(18(3)31(20)5)27(33)36-15-14-30(4)22-12-13-23(32(34)35)26-25(22)28-37-29-26/h12-13,17-21,24H,6-11,14-16H2,1-5H3/t17?,18?,19?,20?,21-,24?/m1/s1. The Hall–Kier alpha value is -2.75. The summed E-state index contributed by atoms with van der Waals surface area (Å²) in [4.78, 5) is 28.6. The number of carbonyl (C=O) groups excluding carboxylic acids is 1. The van der Waals surface area contributed by atoms with Gasteiger partial charge in [0.1, 0.15) is 6.61 Å². The van der Waals surface area contributed by atoms with Gasteiger partial charge in [0.15, 0.2) is 5.52 Å². The zero-order valence-corrected chi connectivity index (χ0v) is 22.8. The molecule has 1 saturated carbocycles. The van der Waals surface area contributed by atoms with Crippen molar-refractivity contribution in [1.29, 1.82) is 0 Å². The number of aromatic nitrogens is 2. The van der Waals surface area contributed by atoms with Gasteiger partial charge in [0.25, 0.3) is 0 Å². The molecule has 0 radical (unpaired) electrons. The maximum Gasteiger partial charge on any atom is 0.310 e. The summed E-state index contributed by atoms with van der Waals surface area (Å²) >= 11 is 0. The highest BCUT2D eigenvalue weighted by atomic mass is 16.6. The fourth-order valence-corrected chi connectivity index (χ4v) is 6.59. The van der Waals surface area contributed by atoms with Crippen LogP contribution in [0.3, 0.4) is 0 Å². The largest absolute Gasteiger partial charge is 0.464 e. The predicted octanol–water partition coefficient (Wildman–Crippen LogP) is 5.06. The normalized spacial score (nSPS) is 28.8. The van der Waals surface area contributed by atoms with Crippen LogP contribution < -0.4 is 4.90 Å². The van der Waals surface area contributed by atoms with Gasteiger partial charge in [0.05, 0.1) is 23.1 Å². The first-order chi connectivity index (χ1) is 17.7. The number of nitrogens with zero attached hydrogens (tertiary/aromatic N) is 5. The average molecular weight is 516 g/mol. The topological polar surface area (TPSA) is 115 Å². The lowest BCUT2D eigenvalue weighted by Crippen LogP contribution is -2.55. The van der Waals surface area contributed by atoms with Gasteiger partial charge in [-0.3, -0.25) is 19.8 Å². The van der Waals surface area contributed by atoms with Crippen LogP contribution in [-0.2, 0) is 9.53 Å². The molecule has 1 aromatic carbocycles. The Balaban J connectivity index is 1.43. The summed E-state index contributed by atoms with van der Waals surface area (Å²) in [6.45, 7) is 7.40. The number of hydrogen-bond donors (Lipinski definition) is 0. The Morgan fingerprint density at radius 2 is 1.92 bits per heavy atom. The molecule has 3 unspecified atom stereocenters. The SMILES string of the molecule is CCCC1C[C@H](C2CCC(C)CC2)C(C(=O)OCCN(C)c2ccc([N+](=O)[O-])c3nonc23)C(C)N1C. The summed E-state index contributed by atoms with van der Waals surface area (Å²) in [5.74, 6) is 1.48. The third-order valence-electron chi connectivity index (χ3n) is 8.96. The lowest BCUT2D eigenvalue weighted by molar-refractivity contribution is -0.383. The molecule has 0 bridgehead atoms. The van der Waals surface area contributed by atoms with E-state index in [1.807, 2.05) is 11.9 Å². The number of non-ortho nitro benzene ring substituents is 1. The monoisotopic (exact) mass is 515 g/mol. The van der Waals surface area contributed by atoms with Crippen LogP contribution in [0.15, 0.2) is 16.8 Å². The highest BCUT2D eigenvalue weighted by molar-refractivity contribution is 5.93. The Labute approximate surface area is 218 Å². The van der Waals surface area contributed by atoms with E-state index in [2.05, 4.69) is 43.0 Å². The van der Waals surface area contributed by atoms with E-state index in [4.69, 9.17) is 9.37 Å². The number of benzene rings is 1. The van der Waals surface area contributed by atoms with Crippen LogP contribution in [0.4, 0.5) is 11.4 Å². The summed E-state index contributed by atoms with van der Waals surface area (Å²) in [7, 11) is 3.99. The first-order valence-corrected chi connectivity index (χ1v) is 13.7. The van der Waals surface area contributed by atoms with Gasteiger partial charge in [0.2, 0.25) is 5.52 Å². The third kappa shape index (κ3) is 5.73. The number of nitro benzene ring substituents is 1. The summed E-state index contributed by atoms with van der Waals surface area (Å²) in [5.41, 5.74) is 0.913. The van der Waals surface area contributed by atoms with Gasteiger partial charge in [-0.1, -0.05) is 33.1 Å². The maximum absolute atomic E-state index is 13.6. The van der Waals surface area contributed by atoms with Gasteiger partial charge >= 0.3 is 11.7 Å². The van der Waals surface area contributed by atoms with Crippen molar-refractivity contribution in [1.82, 2.24) is 15.2 Å². The molecule has 1 aromatic heterocycles. The minimum atomic E-state index is -0.505. The van der Waals surface area contributed by atoms with E-state index in [1.165, 1.54) is 31.7 Å². The molecular formula is C27H41N5O5. The van der Waals surface area contributed by atoms with Crippen LogP contribution in [0.2, 0.25) is 0 Å². The van der Waals surface area contributed by atoms with E-state index in [0.29, 0.717) is 35.6 Å². The van der Waals surface area contributed by atoms with Gasteiger partial charge in [-0.15, -0.1) is 0 Å².